The molecule has 0 radical (unpaired) electrons. The quantitative estimate of drug-likeness (QED) is 0.676. The van der Waals surface area contributed by atoms with Crippen molar-refractivity contribution in [2.24, 2.45) is 0 Å². The maximum absolute atomic E-state index is 12.8. The van der Waals surface area contributed by atoms with Gasteiger partial charge in [-0.2, -0.15) is 4.31 Å². The number of sulfonamides is 1. The number of carbonyl (C=O) groups is 1. The van der Waals surface area contributed by atoms with Gasteiger partial charge in [0.15, 0.2) is 0 Å². The number of aliphatic hydroxyl groups is 1. The molecular formula is C15H22Cl2N2O5S. The van der Waals surface area contributed by atoms with Crippen molar-refractivity contribution in [1.29, 1.82) is 0 Å². The Hall–Kier alpha value is -0.900. The van der Waals surface area contributed by atoms with Gasteiger partial charge >= 0.3 is 0 Å². The van der Waals surface area contributed by atoms with Crippen LogP contribution in [0.1, 0.15) is 17.3 Å². The fraction of sp³-hybridized carbons (Fsp3) is 0.533. The highest BCUT2D eigenvalue weighted by molar-refractivity contribution is 7.89. The van der Waals surface area contributed by atoms with E-state index in [0.717, 1.165) is 0 Å². The molecule has 25 heavy (non-hydrogen) atoms. The van der Waals surface area contributed by atoms with E-state index < -0.39 is 15.3 Å². The summed E-state index contributed by atoms with van der Waals surface area (Å²) in [7, 11) is -3.71. The first-order chi connectivity index (χ1) is 11.4. The minimum absolute atomic E-state index is 0. The zero-order valence-electron chi connectivity index (χ0n) is 13.9. The summed E-state index contributed by atoms with van der Waals surface area (Å²) in [5, 5.41) is 8.18. The lowest BCUT2D eigenvalue weighted by Crippen LogP contribution is -2.49. The standard InChI is InChI=1S/C15H21ClN2O5S.ClH/c1-2-23-14-4-3-12(11-13(14)15(16)20)24(21,22)18-7-5-17(6-8-18)9-10-19;/h3-4,11,19H,2,5-10H2,1H3;1H. The number of hydrogen-bond acceptors (Lipinski definition) is 6. The van der Waals surface area contributed by atoms with Gasteiger partial charge in [-0.15, -0.1) is 12.4 Å². The number of carbonyl (C=O) groups excluding carboxylic acids is 1. The largest absolute Gasteiger partial charge is 0.493 e. The Kier molecular flexibility index (Phi) is 8.59. The first-order valence-electron chi connectivity index (χ1n) is 7.70. The van der Waals surface area contributed by atoms with E-state index in [1.54, 1.807) is 6.92 Å². The van der Waals surface area contributed by atoms with E-state index in [-0.39, 0.29) is 35.2 Å². The minimum atomic E-state index is -3.71. The average molecular weight is 413 g/mol. The molecule has 1 aliphatic rings. The third kappa shape index (κ3) is 5.29. The predicted molar refractivity (Wildman–Crippen MR) is 97.3 cm³/mol. The summed E-state index contributed by atoms with van der Waals surface area (Å²) in [6.07, 6.45) is 0. The molecular weight excluding hydrogens is 391 g/mol. The molecule has 0 spiro atoms. The molecule has 0 amide bonds. The molecule has 0 aromatic heterocycles. The van der Waals surface area contributed by atoms with Gasteiger partial charge in [0.25, 0.3) is 5.24 Å². The number of nitrogens with zero attached hydrogens (tertiary/aromatic N) is 2. The van der Waals surface area contributed by atoms with Gasteiger partial charge in [-0.25, -0.2) is 8.42 Å². The molecule has 7 nitrogen and oxygen atoms in total. The number of halogens is 2. The minimum Gasteiger partial charge on any atom is -0.493 e. The van der Waals surface area contributed by atoms with E-state index in [9.17, 15) is 13.2 Å². The van der Waals surface area contributed by atoms with Gasteiger partial charge in [0.2, 0.25) is 10.0 Å². The van der Waals surface area contributed by atoms with Gasteiger partial charge in [-0.1, -0.05) is 0 Å². The van der Waals surface area contributed by atoms with Gasteiger partial charge in [0.05, 0.1) is 23.7 Å². The van der Waals surface area contributed by atoms with E-state index in [0.29, 0.717) is 39.3 Å². The Morgan fingerprint density at radius 1 is 1.28 bits per heavy atom. The summed E-state index contributed by atoms with van der Waals surface area (Å²) in [6, 6.07) is 4.13. The highest BCUT2D eigenvalue weighted by Gasteiger charge is 2.29. The van der Waals surface area contributed by atoms with Crippen LogP contribution >= 0.6 is 24.0 Å². The summed E-state index contributed by atoms with van der Waals surface area (Å²) in [4.78, 5) is 13.6. The van der Waals surface area contributed by atoms with Crippen molar-refractivity contribution in [3.05, 3.63) is 23.8 Å². The number of aliphatic hydroxyl groups excluding tert-OH is 1. The van der Waals surface area contributed by atoms with Crippen LogP contribution in [0, 0.1) is 0 Å². The Morgan fingerprint density at radius 3 is 2.44 bits per heavy atom. The molecule has 1 heterocycles. The van der Waals surface area contributed by atoms with E-state index >= 15 is 0 Å². The molecule has 0 saturated carbocycles. The molecule has 1 N–H and O–H groups in total. The van der Waals surface area contributed by atoms with Crippen molar-refractivity contribution in [2.75, 3.05) is 45.9 Å². The van der Waals surface area contributed by atoms with Crippen molar-refractivity contribution < 1.29 is 23.1 Å². The number of ether oxygens (including phenoxy) is 1. The van der Waals surface area contributed by atoms with E-state index in [4.69, 9.17) is 21.4 Å². The maximum Gasteiger partial charge on any atom is 0.256 e. The molecule has 0 aliphatic carbocycles. The third-order valence-electron chi connectivity index (χ3n) is 3.85. The van der Waals surface area contributed by atoms with Crippen LogP contribution in [0.3, 0.4) is 0 Å². The van der Waals surface area contributed by atoms with E-state index in [1.165, 1.54) is 22.5 Å². The Balaban J connectivity index is 0.00000312. The van der Waals surface area contributed by atoms with Crippen molar-refractivity contribution >= 4 is 39.3 Å². The van der Waals surface area contributed by atoms with Gasteiger partial charge in [0.1, 0.15) is 5.75 Å². The summed E-state index contributed by atoms with van der Waals surface area (Å²) in [5.41, 5.74) is 0.0403. The van der Waals surface area contributed by atoms with Crippen molar-refractivity contribution in [2.45, 2.75) is 11.8 Å². The van der Waals surface area contributed by atoms with E-state index in [1.807, 2.05) is 4.90 Å². The topological polar surface area (TPSA) is 87.2 Å². The number of piperazine rings is 1. The third-order valence-corrected chi connectivity index (χ3v) is 5.95. The first kappa shape index (κ1) is 22.1. The molecule has 0 atom stereocenters. The fourth-order valence-corrected chi connectivity index (χ4v) is 4.19. The first-order valence-corrected chi connectivity index (χ1v) is 9.52. The predicted octanol–water partition coefficient (Wildman–Crippen LogP) is 1.18. The molecule has 10 heteroatoms. The normalized spacial score (nSPS) is 16.3. The van der Waals surface area contributed by atoms with Crippen LogP contribution < -0.4 is 4.74 Å². The van der Waals surface area contributed by atoms with Crippen molar-refractivity contribution in [3.8, 4) is 5.75 Å². The zero-order chi connectivity index (χ0) is 17.7. The van der Waals surface area contributed by atoms with Crippen LogP contribution in [-0.4, -0.2) is 73.9 Å². The molecule has 1 fully saturated rings. The highest BCUT2D eigenvalue weighted by Crippen LogP contribution is 2.26. The number of β-amino-alcohol motifs (C(OH)–C–C–N with tert-alkyl or cyclic N) is 1. The van der Waals surface area contributed by atoms with Crippen LogP contribution in [0.5, 0.6) is 5.75 Å². The lowest BCUT2D eigenvalue weighted by Gasteiger charge is -2.33. The monoisotopic (exact) mass is 412 g/mol. The Labute approximate surface area is 159 Å². The average Bonchev–Trinajstić information content (AvgIpc) is 2.56. The Morgan fingerprint density at radius 2 is 1.92 bits per heavy atom. The zero-order valence-corrected chi connectivity index (χ0v) is 16.2. The van der Waals surface area contributed by atoms with Gasteiger partial charge in [-0.3, -0.25) is 9.69 Å². The second-order valence-corrected chi connectivity index (χ2v) is 7.62. The molecule has 1 saturated heterocycles. The number of benzene rings is 1. The summed E-state index contributed by atoms with van der Waals surface area (Å²) < 4.78 is 32.2. The summed E-state index contributed by atoms with van der Waals surface area (Å²) >= 11 is 5.55. The second kappa shape index (κ2) is 9.70. The summed E-state index contributed by atoms with van der Waals surface area (Å²) in [5.74, 6) is 0.268. The van der Waals surface area contributed by atoms with Gasteiger partial charge < -0.3 is 9.84 Å². The molecule has 1 aromatic carbocycles. The number of hydrogen-bond donors (Lipinski definition) is 1. The van der Waals surface area contributed by atoms with Crippen LogP contribution in [0.4, 0.5) is 0 Å². The molecule has 0 unspecified atom stereocenters. The van der Waals surface area contributed by atoms with Crippen LogP contribution in [0.15, 0.2) is 23.1 Å². The molecule has 1 aromatic rings. The van der Waals surface area contributed by atoms with Crippen LogP contribution in [-0.2, 0) is 10.0 Å². The second-order valence-electron chi connectivity index (χ2n) is 5.33. The number of rotatable bonds is 7. The smallest absolute Gasteiger partial charge is 0.256 e. The fourth-order valence-electron chi connectivity index (χ4n) is 2.59. The molecule has 142 valence electrons. The lowest BCUT2D eigenvalue weighted by atomic mass is 10.2. The van der Waals surface area contributed by atoms with Gasteiger partial charge in [0, 0.05) is 32.7 Å². The van der Waals surface area contributed by atoms with E-state index in [2.05, 4.69) is 0 Å². The Bertz CT molecular complexity index is 691. The summed E-state index contributed by atoms with van der Waals surface area (Å²) in [6.45, 7) is 4.46. The molecule has 0 bridgehead atoms. The maximum atomic E-state index is 12.8. The van der Waals surface area contributed by atoms with Crippen molar-refractivity contribution in [1.82, 2.24) is 9.21 Å². The molecule has 2 rings (SSSR count). The SMILES string of the molecule is CCOc1ccc(S(=O)(=O)N2CCN(CCO)CC2)cc1C(=O)Cl.Cl. The van der Waals surface area contributed by atoms with Crippen LogP contribution in [0.25, 0.3) is 0 Å². The lowest BCUT2D eigenvalue weighted by molar-refractivity contribution is 0.107. The molecule has 1 aliphatic heterocycles. The van der Waals surface area contributed by atoms with Gasteiger partial charge in [-0.05, 0) is 36.7 Å². The highest BCUT2D eigenvalue weighted by atomic mass is 35.5. The van der Waals surface area contributed by atoms with Crippen molar-refractivity contribution in [3.63, 3.8) is 0 Å². The van der Waals surface area contributed by atoms with Crippen LogP contribution in [0.2, 0.25) is 0 Å².